The van der Waals surface area contributed by atoms with Crippen molar-refractivity contribution in [3.05, 3.63) is 40.2 Å². The van der Waals surface area contributed by atoms with E-state index in [0.717, 1.165) is 11.3 Å². The van der Waals surface area contributed by atoms with E-state index in [0.29, 0.717) is 28.8 Å². The van der Waals surface area contributed by atoms with Crippen LogP contribution >= 0.6 is 11.6 Å². The maximum Gasteiger partial charge on any atom is 0.234 e. The molecule has 2 heterocycles. The molecule has 3 rings (SSSR count). The van der Waals surface area contributed by atoms with Gasteiger partial charge in [-0.3, -0.25) is 4.79 Å². The zero-order valence-electron chi connectivity index (χ0n) is 13.6. The smallest absolute Gasteiger partial charge is 0.234 e. The van der Waals surface area contributed by atoms with Crippen LogP contribution in [0.2, 0.25) is 5.02 Å². The van der Waals surface area contributed by atoms with E-state index in [9.17, 15) is 4.79 Å². The Balaban J connectivity index is 1.99. The zero-order valence-corrected chi connectivity index (χ0v) is 14.3. The van der Waals surface area contributed by atoms with Crippen molar-refractivity contribution in [1.29, 1.82) is 0 Å². The van der Waals surface area contributed by atoms with Gasteiger partial charge in [-0.1, -0.05) is 22.8 Å². The number of aromatic nitrogens is 1. The number of carbonyl (C=O) groups excluding carboxylic acids is 1. The molecule has 0 aliphatic carbocycles. The van der Waals surface area contributed by atoms with Crippen molar-refractivity contribution in [3.8, 4) is 5.75 Å². The number of para-hydroxylation sites is 1. The largest absolute Gasteiger partial charge is 0.485 e. The van der Waals surface area contributed by atoms with Gasteiger partial charge in [0, 0.05) is 5.56 Å². The van der Waals surface area contributed by atoms with Gasteiger partial charge in [-0.2, -0.15) is 0 Å². The second-order valence-corrected chi connectivity index (χ2v) is 6.33. The van der Waals surface area contributed by atoms with Crippen LogP contribution in [0.4, 0.5) is 5.69 Å². The number of nitrogens with zero attached hydrogens (tertiary/aromatic N) is 2. The number of rotatable bonds is 2. The Morgan fingerprint density at radius 2 is 2.17 bits per heavy atom. The van der Waals surface area contributed by atoms with Crippen molar-refractivity contribution >= 4 is 23.2 Å². The minimum absolute atomic E-state index is 0.0157. The highest BCUT2D eigenvalue weighted by Gasteiger charge is 2.33. The second-order valence-electron chi connectivity index (χ2n) is 5.92. The molecule has 1 amide bonds. The molecule has 0 unspecified atom stereocenters. The number of halogens is 1. The predicted octanol–water partition coefficient (Wildman–Crippen LogP) is 3.86. The summed E-state index contributed by atoms with van der Waals surface area (Å²) in [5, 5.41) is 4.46. The number of hydrogen-bond donors (Lipinski definition) is 0. The fraction of sp³-hybridized carbons (Fsp3) is 0.412. The Kier molecular flexibility index (Phi) is 4.06. The third kappa shape index (κ3) is 2.70. The van der Waals surface area contributed by atoms with Gasteiger partial charge < -0.3 is 14.2 Å². The number of fused-ring (bicyclic) bond motifs is 1. The van der Waals surface area contributed by atoms with Crippen molar-refractivity contribution in [1.82, 2.24) is 5.16 Å². The lowest BCUT2D eigenvalue weighted by molar-refractivity contribution is -0.120. The molecule has 0 spiro atoms. The van der Waals surface area contributed by atoms with Gasteiger partial charge in [0.1, 0.15) is 11.9 Å². The van der Waals surface area contributed by atoms with E-state index >= 15 is 0 Å². The first kappa shape index (κ1) is 15.9. The third-order valence-corrected chi connectivity index (χ3v) is 4.45. The summed E-state index contributed by atoms with van der Waals surface area (Å²) >= 11 is 6.22. The van der Waals surface area contributed by atoms with Crippen molar-refractivity contribution in [2.24, 2.45) is 0 Å². The van der Waals surface area contributed by atoms with Gasteiger partial charge in [-0.05, 0) is 39.8 Å². The lowest BCUT2D eigenvalue weighted by atomic mass is 9.97. The summed E-state index contributed by atoms with van der Waals surface area (Å²) < 4.78 is 11.0. The Morgan fingerprint density at radius 1 is 1.43 bits per heavy atom. The average Bonchev–Trinajstić information content (AvgIpc) is 2.85. The molecular formula is C17H19ClN2O3. The first-order valence-corrected chi connectivity index (χ1v) is 7.97. The van der Waals surface area contributed by atoms with Gasteiger partial charge in [-0.15, -0.1) is 0 Å². The number of carbonyl (C=O) groups is 1. The molecule has 0 N–H and O–H groups in total. The number of aryl methyl sites for hydroxylation is 2. The van der Waals surface area contributed by atoms with Crippen LogP contribution in [0.15, 0.2) is 22.7 Å². The van der Waals surface area contributed by atoms with Crippen LogP contribution in [0.5, 0.6) is 5.75 Å². The first-order valence-electron chi connectivity index (χ1n) is 7.59. The van der Waals surface area contributed by atoms with Crippen LogP contribution in [-0.4, -0.2) is 23.7 Å². The molecule has 0 fully saturated rings. The predicted molar refractivity (Wildman–Crippen MR) is 88.3 cm³/mol. The van der Waals surface area contributed by atoms with Crippen LogP contribution in [0.25, 0.3) is 0 Å². The lowest BCUT2D eigenvalue weighted by Gasteiger charge is -2.35. The van der Waals surface area contributed by atoms with E-state index in [1.54, 1.807) is 11.0 Å². The topological polar surface area (TPSA) is 55.6 Å². The fourth-order valence-corrected chi connectivity index (χ4v) is 3.31. The van der Waals surface area contributed by atoms with E-state index in [4.69, 9.17) is 20.9 Å². The SMILES string of the molecule is Cc1noc(C)c1[C@H](C)C(=O)N1C[C@@H](C)Oc2c(Cl)cccc21. The van der Waals surface area contributed by atoms with Gasteiger partial charge in [0.2, 0.25) is 5.91 Å². The Labute approximate surface area is 140 Å². The molecule has 5 nitrogen and oxygen atoms in total. The van der Waals surface area contributed by atoms with Gasteiger partial charge in [0.25, 0.3) is 0 Å². The molecule has 0 radical (unpaired) electrons. The molecular weight excluding hydrogens is 316 g/mol. The minimum Gasteiger partial charge on any atom is -0.485 e. The van der Waals surface area contributed by atoms with Gasteiger partial charge in [-0.25, -0.2) is 0 Å². The Bertz CT molecular complexity index is 737. The number of hydrogen-bond acceptors (Lipinski definition) is 4. The molecule has 2 aromatic rings. The number of benzene rings is 1. The highest BCUT2D eigenvalue weighted by atomic mass is 35.5. The van der Waals surface area contributed by atoms with E-state index < -0.39 is 0 Å². The molecule has 0 saturated carbocycles. The molecule has 23 heavy (non-hydrogen) atoms. The quantitative estimate of drug-likeness (QED) is 0.836. The van der Waals surface area contributed by atoms with Crippen molar-refractivity contribution in [2.45, 2.75) is 39.7 Å². The fourth-order valence-electron chi connectivity index (χ4n) is 3.09. The molecule has 1 aromatic carbocycles. The summed E-state index contributed by atoms with van der Waals surface area (Å²) in [4.78, 5) is 14.8. The Morgan fingerprint density at radius 3 is 2.83 bits per heavy atom. The van der Waals surface area contributed by atoms with E-state index in [2.05, 4.69) is 5.16 Å². The van der Waals surface area contributed by atoms with Crippen LogP contribution < -0.4 is 9.64 Å². The lowest BCUT2D eigenvalue weighted by Crippen LogP contribution is -2.44. The summed E-state index contributed by atoms with van der Waals surface area (Å²) in [6.07, 6.45) is -0.122. The monoisotopic (exact) mass is 334 g/mol. The molecule has 2 atom stereocenters. The van der Waals surface area contributed by atoms with Gasteiger partial charge >= 0.3 is 0 Å². The minimum atomic E-state index is -0.349. The number of anilines is 1. The maximum absolute atomic E-state index is 13.1. The zero-order chi connectivity index (χ0) is 16.7. The van der Waals surface area contributed by atoms with E-state index in [-0.39, 0.29) is 17.9 Å². The van der Waals surface area contributed by atoms with Crippen LogP contribution in [0, 0.1) is 13.8 Å². The maximum atomic E-state index is 13.1. The molecule has 122 valence electrons. The third-order valence-electron chi connectivity index (χ3n) is 4.15. The molecule has 1 aliphatic heterocycles. The van der Waals surface area contributed by atoms with Gasteiger partial charge in [0.15, 0.2) is 5.75 Å². The highest BCUT2D eigenvalue weighted by Crippen LogP contribution is 2.40. The average molecular weight is 335 g/mol. The van der Waals surface area contributed by atoms with E-state index in [1.165, 1.54) is 0 Å². The molecule has 1 aliphatic rings. The van der Waals surface area contributed by atoms with Crippen LogP contribution in [0.1, 0.15) is 36.8 Å². The van der Waals surface area contributed by atoms with Gasteiger partial charge in [0.05, 0.1) is 28.9 Å². The molecule has 0 saturated heterocycles. The molecule has 1 aromatic heterocycles. The van der Waals surface area contributed by atoms with Crippen molar-refractivity contribution in [3.63, 3.8) is 0 Å². The van der Waals surface area contributed by atoms with E-state index in [1.807, 2.05) is 39.8 Å². The van der Waals surface area contributed by atoms with Crippen LogP contribution in [0.3, 0.4) is 0 Å². The summed E-state index contributed by atoms with van der Waals surface area (Å²) in [5.41, 5.74) is 2.30. The normalized spacial score (nSPS) is 18.3. The summed E-state index contributed by atoms with van der Waals surface area (Å²) in [6.45, 7) is 7.96. The summed E-state index contributed by atoms with van der Waals surface area (Å²) in [5.74, 6) is 0.875. The van der Waals surface area contributed by atoms with Crippen LogP contribution in [-0.2, 0) is 4.79 Å². The van der Waals surface area contributed by atoms with Crippen molar-refractivity contribution < 1.29 is 14.1 Å². The summed E-state index contributed by atoms with van der Waals surface area (Å²) in [7, 11) is 0. The number of ether oxygens (including phenoxy) is 1. The molecule has 0 bridgehead atoms. The summed E-state index contributed by atoms with van der Waals surface area (Å²) in [6, 6.07) is 5.44. The highest BCUT2D eigenvalue weighted by molar-refractivity contribution is 6.32. The first-order chi connectivity index (χ1) is 10.9. The Hall–Kier alpha value is -2.01. The number of amides is 1. The van der Waals surface area contributed by atoms with Crippen molar-refractivity contribution in [2.75, 3.05) is 11.4 Å². The standard InChI is InChI=1S/C17H19ClN2O3/c1-9-8-20(14-7-5-6-13(18)16(14)22-9)17(21)10(2)15-11(3)19-23-12(15)4/h5-7,9-10H,8H2,1-4H3/t9-,10+/m1/s1. The molecule has 6 heteroatoms. The second kappa shape index (κ2) is 5.89.